The highest BCUT2D eigenvalue weighted by atomic mass is 32.2. The lowest BCUT2D eigenvalue weighted by molar-refractivity contribution is -0.384. The fourth-order valence-electron chi connectivity index (χ4n) is 4.06. The smallest absolute Gasteiger partial charge is 0.269 e. The highest BCUT2D eigenvalue weighted by molar-refractivity contribution is 8.00. The van der Waals surface area contributed by atoms with Crippen LogP contribution in [0.15, 0.2) is 24.3 Å². The SMILES string of the molecule is Cc1nn(C2CCCCC2)c2c1[C@H](c1cccc([N+](=O)[O-])c1)SCC(=O)N2. The number of fused-ring (bicyclic) bond motifs is 1. The average Bonchev–Trinajstić information content (AvgIpc) is 2.88. The zero-order valence-electron chi connectivity index (χ0n) is 15.2. The summed E-state index contributed by atoms with van der Waals surface area (Å²) >= 11 is 1.49. The number of nitrogens with zero attached hydrogens (tertiary/aromatic N) is 3. The molecule has 0 radical (unpaired) electrons. The van der Waals surface area contributed by atoms with Crippen molar-refractivity contribution in [2.24, 2.45) is 0 Å². The van der Waals surface area contributed by atoms with Gasteiger partial charge in [0.2, 0.25) is 5.91 Å². The van der Waals surface area contributed by atoms with Crippen LogP contribution in [0.5, 0.6) is 0 Å². The summed E-state index contributed by atoms with van der Waals surface area (Å²) < 4.78 is 2.00. The van der Waals surface area contributed by atoms with E-state index in [1.165, 1.54) is 37.1 Å². The number of nitro groups is 1. The minimum absolute atomic E-state index is 0.0499. The molecule has 8 heteroatoms. The first-order valence-corrected chi connectivity index (χ1v) is 10.3. The normalized spacial score (nSPS) is 20.6. The van der Waals surface area contributed by atoms with Gasteiger partial charge in [0.1, 0.15) is 5.82 Å². The molecule has 1 fully saturated rings. The van der Waals surface area contributed by atoms with Crippen molar-refractivity contribution < 1.29 is 9.72 Å². The van der Waals surface area contributed by atoms with Gasteiger partial charge < -0.3 is 5.32 Å². The van der Waals surface area contributed by atoms with Gasteiger partial charge in [-0.15, -0.1) is 11.8 Å². The van der Waals surface area contributed by atoms with E-state index in [2.05, 4.69) is 5.32 Å². The van der Waals surface area contributed by atoms with Gasteiger partial charge in [0, 0.05) is 17.7 Å². The number of aromatic nitrogens is 2. The van der Waals surface area contributed by atoms with Gasteiger partial charge in [-0.05, 0) is 25.3 Å². The number of hydrogen-bond donors (Lipinski definition) is 1. The molecule has 0 bridgehead atoms. The van der Waals surface area contributed by atoms with Gasteiger partial charge in [-0.25, -0.2) is 4.68 Å². The first kappa shape index (κ1) is 18.0. The van der Waals surface area contributed by atoms with Crippen LogP contribution in [0.25, 0.3) is 0 Å². The van der Waals surface area contributed by atoms with Crippen molar-refractivity contribution in [3.63, 3.8) is 0 Å². The van der Waals surface area contributed by atoms with E-state index in [1.54, 1.807) is 12.1 Å². The van der Waals surface area contributed by atoms with E-state index in [-0.39, 0.29) is 21.8 Å². The largest absolute Gasteiger partial charge is 0.310 e. The van der Waals surface area contributed by atoms with E-state index < -0.39 is 0 Å². The number of anilines is 1. The number of nitrogens with one attached hydrogen (secondary N) is 1. The standard InChI is InChI=1S/C19H22N4O3S/c1-12-17-18(13-6-5-9-15(10-13)23(25)26)27-11-16(24)20-19(17)22(21-12)14-7-3-2-4-8-14/h5-6,9-10,14,18H,2-4,7-8,11H2,1H3,(H,20,24)/t18-/m0/s1. The summed E-state index contributed by atoms with van der Waals surface area (Å²) in [6.07, 6.45) is 5.73. The topological polar surface area (TPSA) is 90.1 Å². The quantitative estimate of drug-likeness (QED) is 0.624. The van der Waals surface area contributed by atoms with Crippen molar-refractivity contribution in [2.45, 2.75) is 50.3 Å². The summed E-state index contributed by atoms with van der Waals surface area (Å²) in [5.41, 5.74) is 2.74. The molecule has 2 heterocycles. The second-order valence-electron chi connectivity index (χ2n) is 7.18. The van der Waals surface area contributed by atoms with Crippen LogP contribution in [0.3, 0.4) is 0 Å². The van der Waals surface area contributed by atoms with Crippen molar-refractivity contribution in [1.29, 1.82) is 0 Å². The number of thioether (sulfide) groups is 1. The third-order valence-electron chi connectivity index (χ3n) is 5.34. The molecule has 1 aromatic carbocycles. The van der Waals surface area contributed by atoms with Crippen LogP contribution in [-0.4, -0.2) is 26.4 Å². The summed E-state index contributed by atoms with van der Waals surface area (Å²) in [5, 5.41) is 18.9. The van der Waals surface area contributed by atoms with E-state index in [0.717, 1.165) is 35.5 Å². The minimum Gasteiger partial charge on any atom is -0.310 e. The number of hydrogen-bond acceptors (Lipinski definition) is 5. The fraction of sp³-hybridized carbons (Fsp3) is 0.474. The van der Waals surface area contributed by atoms with Crippen LogP contribution >= 0.6 is 11.8 Å². The van der Waals surface area contributed by atoms with Crippen LogP contribution in [-0.2, 0) is 4.79 Å². The predicted octanol–water partition coefficient (Wildman–Crippen LogP) is 4.38. The molecule has 7 nitrogen and oxygen atoms in total. The molecule has 2 aromatic rings. The molecule has 1 aromatic heterocycles. The van der Waals surface area contributed by atoms with Crippen LogP contribution in [0.1, 0.15) is 60.2 Å². The van der Waals surface area contributed by atoms with Crippen LogP contribution in [0, 0.1) is 17.0 Å². The van der Waals surface area contributed by atoms with Gasteiger partial charge in [0.15, 0.2) is 0 Å². The van der Waals surface area contributed by atoms with Gasteiger partial charge in [0.25, 0.3) is 5.69 Å². The summed E-state index contributed by atoms with van der Waals surface area (Å²) in [4.78, 5) is 23.2. The number of rotatable bonds is 3. The van der Waals surface area contributed by atoms with E-state index in [1.807, 2.05) is 17.7 Å². The second kappa shape index (κ2) is 7.34. The third-order valence-corrected chi connectivity index (χ3v) is 6.61. The van der Waals surface area contributed by atoms with Crippen molar-refractivity contribution in [3.8, 4) is 0 Å². The van der Waals surface area contributed by atoms with E-state index in [9.17, 15) is 14.9 Å². The maximum Gasteiger partial charge on any atom is 0.269 e. The number of benzene rings is 1. The van der Waals surface area contributed by atoms with Crippen molar-refractivity contribution >= 4 is 29.2 Å². The average molecular weight is 386 g/mol. The van der Waals surface area contributed by atoms with E-state index in [4.69, 9.17) is 5.10 Å². The van der Waals surface area contributed by atoms with Crippen molar-refractivity contribution in [1.82, 2.24) is 9.78 Å². The molecule has 4 rings (SSSR count). The molecule has 0 unspecified atom stereocenters. The second-order valence-corrected chi connectivity index (χ2v) is 8.27. The number of carbonyl (C=O) groups excluding carboxylic acids is 1. The summed E-state index contributed by atoms with van der Waals surface area (Å²) in [6.45, 7) is 1.96. The Balaban J connectivity index is 1.80. The molecule has 0 spiro atoms. The van der Waals surface area contributed by atoms with Crippen LogP contribution in [0.2, 0.25) is 0 Å². The Morgan fingerprint density at radius 2 is 2.07 bits per heavy atom. The fourth-order valence-corrected chi connectivity index (χ4v) is 5.24. The molecule has 0 saturated heterocycles. The minimum atomic E-state index is -0.381. The van der Waals surface area contributed by atoms with Gasteiger partial charge in [-0.3, -0.25) is 14.9 Å². The van der Waals surface area contributed by atoms with Crippen LogP contribution in [0.4, 0.5) is 11.5 Å². The first-order chi connectivity index (χ1) is 13.0. The molecule has 1 saturated carbocycles. The maximum atomic E-state index is 12.4. The van der Waals surface area contributed by atoms with Gasteiger partial charge in [-0.2, -0.15) is 5.10 Å². The van der Waals surface area contributed by atoms with Crippen molar-refractivity contribution in [2.75, 3.05) is 11.1 Å². The van der Waals surface area contributed by atoms with Gasteiger partial charge in [-0.1, -0.05) is 31.4 Å². The molecule has 1 aliphatic heterocycles. The summed E-state index contributed by atoms with van der Waals surface area (Å²) in [6, 6.07) is 6.99. The molecular weight excluding hydrogens is 364 g/mol. The Hall–Kier alpha value is -2.35. The monoisotopic (exact) mass is 386 g/mol. The number of nitro benzene ring substituents is 1. The molecule has 1 amide bonds. The Bertz CT molecular complexity index is 889. The number of aryl methyl sites for hydroxylation is 1. The van der Waals surface area contributed by atoms with Crippen molar-refractivity contribution in [3.05, 3.63) is 51.2 Å². The molecule has 2 aliphatic rings. The lowest BCUT2D eigenvalue weighted by atomic mass is 9.95. The number of non-ortho nitro benzene ring substituents is 1. The Morgan fingerprint density at radius 3 is 2.81 bits per heavy atom. The summed E-state index contributed by atoms with van der Waals surface area (Å²) in [7, 11) is 0. The zero-order valence-corrected chi connectivity index (χ0v) is 16.0. The molecule has 1 N–H and O–H groups in total. The van der Waals surface area contributed by atoms with Gasteiger partial charge >= 0.3 is 0 Å². The van der Waals surface area contributed by atoms with E-state index in [0.29, 0.717) is 11.8 Å². The summed E-state index contributed by atoms with van der Waals surface area (Å²) in [5.74, 6) is 1.03. The molecular formula is C19H22N4O3S. The number of amides is 1. The van der Waals surface area contributed by atoms with Gasteiger partial charge in [0.05, 0.1) is 27.7 Å². The highest BCUT2D eigenvalue weighted by Gasteiger charge is 2.32. The zero-order chi connectivity index (χ0) is 19.0. The molecule has 27 heavy (non-hydrogen) atoms. The Kier molecular flexibility index (Phi) is 4.90. The number of carbonyl (C=O) groups is 1. The highest BCUT2D eigenvalue weighted by Crippen LogP contribution is 2.45. The predicted molar refractivity (Wildman–Crippen MR) is 105 cm³/mol. The molecule has 142 valence electrons. The lowest BCUT2D eigenvalue weighted by Gasteiger charge is -2.24. The van der Waals surface area contributed by atoms with E-state index >= 15 is 0 Å². The maximum absolute atomic E-state index is 12.4. The first-order valence-electron chi connectivity index (χ1n) is 9.29. The third kappa shape index (κ3) is 3.45. The lowest BCUT2D eigenvalue weighted by Crippen LogP contribution is -2.20. The Morgan fingerprint density at radius 1 is 1.30 bits per heavy atom. The molecule has 1 aliphatic carbocycles. The Labute approximate surface area is 161 Å². The molecule has 1 atom stereocenters. The van der Waals surface area contributed by atoms with Crippen LogP contribution < -0.4 is 5.32 Å².